The standard InChI is InChI=1S/C18H31N3/c1-14(2)16-12-20-17(18(3,4)5)13-21(16)10-8-15-7-6-9-19-11-15/h6-7,9,11,14,16-17,20H,8,10,12-13H2,1-5H3. The third-order valence-electron chi connectivity index (χ3n) is 4.68. The number of hydrogen-bond acceptors (Lipinski definition) is 3. The van der Waals surface area contributed by atoms with E-state index in [0.29, 0.717) is 23.4 Å². The highest BCUT2D eigenvalue weighted by Gasteiger charge is 2.34. The Hall–Kier alpha value is -0.930. The second-order valence-electron chi connectivity index (χ2n) is 7.74. The molecule has 2 rings (SSSR count). The van der Waals surface area contributed by atoms with Gasteiger partial charge in [0.15, 0.2) is 0 Å². The zero-order chi connectivity index (χ0) is 15.5. The molecule has 1 aromatic heterocycles. The number of rotatable bonds is 4. The van der Waals surface area contributed by atoms with Crippen molar-refractivity contribution in [3.63, 3.8) is 0 Å². The normalized spacial score (nSPS) is 24.5. The van der Waals surface area contributed by atoms with Crippen LogP contribution in [0.3, 0.4) is 0 Å². The van der Waals surface area contributed by atoms with Crippen molar-refractivity contribution in [2.24, 2.45) is 11.3 Å². The lowest BCUT2D eigenvalue weighted by Crippen LogP contribution is -2.61. The molecule has 0 spiro atoms. The number of aromatic nitrogens is 1. The predicted molar refractivity (Wildman–Crippen MR) is 89.4 cm³/mol. The van der Waals surface area contributed by atoms with Gasteiger partial charge in [0.2, 0.25) is 0 Å². The van der Waals surface area contributed by atoms with E-state index < -0.39 is 0 Å². The third kappa shape index (κ3) is 4.52. The molecule has 3 nitrogen and oxygen atoms in total. The van der Waals surface area contributed by atoms with Gasteiger partial charge in [-0.1, -0.05) is 40.7 Å². The fourth-order valence-corrected chi connectivity index (χ4v) is 3.14. The van der Waals surface area contributed by atoms with E-state index in [4.69, 9.17) is 0 Å². The van der Waals surface area contributed by atoms with Gasteiger partial charge in [0.25, 0.3) is 0 Å². The molecule has 0 amide bonds. The molecule has 1 N–H and O–H groups in total. The smallest absolute Gasteiger partial charge is 0.0300 e. The molecule has 3 heteroatoms. The number of nitrogens with one attached hydrogen (secondary N) is 1. The Kier molecular flexibility index (Phi) is 5.39. The summed E-state index contributed by atoms with van der Waals surface area (Å²) in [4.78, 5) is 6.91. The van der Waals surface area contributed by atoms with Crippen molar-refractivity contribution in [3.05, 3.63) is 30.1 Å². The molecule has 1 aromatic rings. The first kappa shape index (κ1) is 16.4. The summed E-state index contributed by atoms with van der Waals surface area (Å²) in [6.07, 6.45) is 4.93. The van der Waals surface area contributed by atoms with Crippen molar-refractivity contribution in [3.8, 4) is 0 Å². The van der Waals surface area contributed by atoms with Crippen LogP contribution in [0.1, 0.15) is 40.2 Å². The van der Waals surface area contributed by atoms with Gasteiger partial charge in [0, 0.05) is 44.1 Å². The van der Waals surface area contributed by atoms with Gasteiger partial charge in [-0.2, -0.15) is 0 Å². The van der Waals surface area contributed by atoms with E-state index in [1.54, 1.807) is 0 Å². The van der Waals surface area contributed by atoms with E-state index >= 15 is 0 Å². The van der Waals surface area contributed by atoms with E-state index in [-0.39, 0.29) is 0 Å². The summed E-state index contributed by atoms with van der Waals surface area (Å²) >= 11 is 0. The molecule has 21 heavy (non-hydrogen) atoms. The first-order valence-corrected chi connectivity index (χ1v) is 8.24. The lowest BCUT2D eigenvalue weighted by atomic mass is 9.83. The van der Waals surface area contributed by atoms with Crippen LogP contribution in [0.15, 0.2) is 24.5 Å². The predicted octanol–water partition coefficient (Wildman–Crippen LogP) is 2.97. The van der Waals surface area contributed by atoms with Gasteiger partial charge in [-0.15, -0.1) is 0 Å². The van der Waals surface area contributed by atoms with Crippen molar-refractivity contribution in [1.82, 2.24) is 15.2 Å². The van der Waals surface area contributed by atoms with Crippen LogP contribution in [0.25, 0.3) is 0 Å². The van der Waals surface area contributed by atoms with Gasteiger partial charge >= 0.3 is 0 Å². The lowest BCUT2D eigenvalue weighted by molar-refractivity contribution is 0.0642. The molecule has 1 aliphatic heterocycles. The fourth-order valence-electron chi connectivity index (χ4n) is 3.14. The van der Waals surface area contributed by atoms with Gasteiger partial charge < -0.3 is 5.32 Å². The Morgan fingerprint density at radius 3 is 2.71 bits per heavy atom. The molecule has 0 aliphatic carbocycles. The highest BCUT2D eigenvalue weighted by atomic mass is 15.2. The van der Waals surface area contributed by atoms with Crippen molar-refractivity contribution in [2.75, 3.05) is 19.6 Å². The van der Waals surface area contributed by atoms with Gasteiger partial charge in [-0.25, -0.2) is 0 Å². The number of piperazine rings is 1. The molecule has 1 saturated heterocycles. The first-order chi connectivity index (χ1) is 9.88. The third-order valence-corrected chi connectivity index (χ3v) is 4.68. The van der Waals surface area contributed by atoms with Crippen LogP contribution in [0, 0.1) is 11.3 Å². The minimum Gasteiger partial charge on any atom is -0.311 e. The number of nitrogens with zero attached hydrogens (tertiary/aromatic N) is 2. The molecule has 2 atom stereocenters. The summed E-state index contributed by atoms with van der Waals surface area (Å²) in [7, 11) is 0. The van der Waals surface area contributed by atoms with Crippen LogP contribution < -0.4 is 5.32 Å². The Morgan fingerprint density at radius 2 is 2.14 bits per heavy atom. The Morgan fingerprint density at radius 1 is 1.38 bits per heavy atom. The number of hydrogen-bond donors (Lipinski definition) is 1. The average Bonchev–Trinajstić information content (AvgIpc) is 2.45. The van der Waals surface area contributed by atoms with Crippen LogP contribution in [-0.4, -0.2) is 41.6 Å². The van der Waals surface area contributed by atoms with E-state index in [1.165, 1.54) is 5.56 Å². The lowest BCUT2D eigenvalue weighted by Gasteiger charge is -2.46. The highest BCUT2D eigenvalue weighted by molar-refractivity contribution is 5.09. The average molecular weight is 289 g/mol. The van der Waals surface area contributed by atoms with E-state index in [0.717, 1.165) is 26.1 Å². The summed E-state index contributed by atoms with van der Waals surface area (Å²) in [5, 5.41) is 3.76. The first-order valence-electron chi connectivity index (χ1n) is 8.24. The van der Waals surface area contributed by atoms with Crippen molar-refractivity contribution >= 4 is 0 Å². The van der Waals surface area contributed by atoms with Crippen LogP contribution >= 0.6 is 0 Å². The summed E-state index contributed by atoms with van der Waals surface area (Å²) in [6, 6.07) is 5.42. The maximum atomic E-state index is 4.23. The molecule has 1 aliphatic rings. The monoisotopic (exact) mass is 289 g/mol. The van der Waals surface area contributed by atoms with E-state index in [1.807, 2.05) is 18.5 Å². The van der Waals surface area contributed by atoms with Crippen LogP contribution in [-0.2, 0) is 6.42 Å². The van der Waals surface area contributed by atoms with Crippen LogP contribution in [0.5, 0.6) is 0 Å². The maximum absolute atomic E-state index is 4.23. The van der Waals surface area contributed by atoms with E-state index in [9.17, 15) is 0 Å². The van der Waals surface area contributed by atoms with Gasteiger partial charge in [-0.3, -0.25) is 9.88 Å². The van der Waals surface area contributed by atoms with Crippen LogP contribution in [0.4, 0.5) is 0 Å². The Bertz CT molecular complexity index is 422. The van der Waals surface area contributed by atoms with Crippen molar-refractivity contribution < 1.29 is 0 Å². The van der Waals surface area contributed by atoms with E-state index in [2.05, 4.69) is 55.9 Å². The summed E-state index contributed by atoms with van der Waals surface area (Å²) in [6.45, 7) is 15.0. The minimum absolute atomic E-state index is 0.314. The minimum atomic E-state index is 0.314. The molecular weight excluding hydrogens is 258 g/mol. The summed E-state index contributed by atoms with van der Waals surface area (Å²) in [5.41, 5.74) is 1.65. The molecule has 0 saturated carbocycles. The number of pyridine rings is 1. The molecule has 2 unspecified atom stereocenters. The zero-order valence-corrected chi connectivity index (χ0v) is 14.3. The van der Waals surface area contributed by atoms with Crippen molar-refractivity contribution in [1.29, 1.82) is 0 Å². The second kappa shape index (κ2) is 6.89. The van der Waals surface area contributed by atoms with Gasteiger partial charge in [0.1, 0.15) is 0 Å². The van der Waals surface area contributed by atoms with Crippen molar-refractivity contribution in [2.45, 2.75) is 53.1 Å². The maximum Gasteiger partial charge on any atom is 0.0300 e. The Balaban J connectivity index is 2.00. The molecular formula is C18H31N3. The fraction of sp³-hybridized carbons (Fsp3) is 0.722. The largest absolute Gasteiger partial charge is 0.311 e. The molecule has 1 fully saturated rings. The molecule has 0 radical (unpaired) electrons. The van der Waals surface area contributed by atoms with Gasteiger partial charge in [0.05, 0.1) is 0 Å². The quantitative estimate of drug-likeness (QED) is 0.923. The molecule has 118 valence electrons. The summed E-state index contributed by atoms with van der Waals surface area (Å²) < 4.78 is 0. The summed E-state index contributed by atoms with van der Waals surface area (Å²) in [5.74, 6) is 0.687. The topological polar surface area (TPSA) is 28.2 Å². The second-order valence-corrected chi connectivity index (χ2v) is 7.74. The molecule has 0 aromatic carbocycles. The zero-order valence-electron chi connectivity index (χ0n) is 14.3. The molecule has 2 heterocycles. The van der Waals surface area contributed by atoms with Gasteiger partial charge in [-0.05, 0) is 29.4 Å². The Labute approximate surface area is 130 Å². The molecule has 0 bridgehead atoms. The SMILES string of the molecule is CC(C)C1CNC(C(C)(C)C)CN1CCc1cccnc1. The van der Waals surface area contributed by atoms with Crippen LogP contribution in [0.2, 0.25) is 0 Å². The highest BCUT2D eigenvalue weighted by Crippen LogP contribution is 2.25.